The molecule has 4 rings (SSSR count). The van der Waals surface area contributed by atoms with Gasteiger partial charge in [-0.2, -0.15) is 0 Å². The van der Waals surface area contributed by atoms with Gasteiger partial charge in [0.05, 0.1) is 30.8 Å². The number of amides is 2. The van der Waals surface area contributed by atoms with E-state index in [4.69, 9.17) is 14.5 Å². The Morgan fingerprint density at radius 1 is 1.03 bits per heavy atom. The maximum Gasteiger partial charge on any atom is 0.315 e. The van der Waals surface area contributed by atoms with Crippen molar-refractivity contribution in [1.82, 2.24) is 20.6 Å². The minimum absolute atomic E-state index is 0.278. The monoisotopic (exact) mass is 444 g/mol. The second kappa shape index (κ2) is 10.5. The molecule has 4 aromatic rings. The smallest absolute Gasteiger partial charge is 0.315 e. The highest BCUT2D eigenvalue weighted by Gasteiger charge is 2.19. The van der Waals surface area contributed by atoms with E-state index in [9.17, 15) is 4.79 Å². The average Bonchev–Trinajstić information content (AvgIpc) is 3.28. The van der Waals surface area contributed by atoms with Gasteiger partial charge < -0.3 is 25.1 Å². The van der Waals surface area contributed by atoms with Crippen molar-refractivity contribution in [3.8, 4) is 11.5 Å². The number of carbonyl (C=O) groups is 1. The number of H-pyrrole nitrogens is 1. The van der Waals surface area contributed by atoms with Crippen LogP contribution in [0.3, 0.4) is 0 Å². The summed E-state index contributed by atoms with van der Waals surface area (Å²) in [6.45, 7) is 2.87. The molecule has 0 aliphatic rings. The first kappa shape index (κ1) is 22.2. The lowest BCUT2D eigenvalue weighted by Gasteiger charge is -2.18. The molecule has 1 heterocycles. The molecule has 3 N–H and O–H groups in total. The number of aromatic amines is 1. The van der Waals surface area contributed by atoms with Gasteiger partial charge in [0.1, 0.15) is 17.3 Å². The Hall–Kier alpha value is -4.00. The number of fused-ring (bicyclic) bond motifs is 1. The van der Waals surface area contributed by atoms with Crippen LogP contribution in [0.15, 0.2) is 72.8 Å². The van der Waals surface area contributed by atoms with Crippen molar-refractivity contribution in [2.45, 2.75) is 25.9 Å². The second-order valence-corrected chi connectivity index (χ2v) is 7.61. The number of urea groups is 1. The summed E-state index contributed by atoms with van der Waals surface area (Å²) in [5, 5.41) is 6.02. The van der Waals surface area contributed by atoms with Crippen molar-refractivity contribution >= 4 is 17.1 Å². The molecule has 0 radical (unpaired) electrons. The first-order chi connectivity index (χ1) is 16.2. The lowest BCUT2D eigenvalue weighted by atomic mass is 10.1. The highest BCUT2D eigenvalue weighted by atomic mass is 16.5. The van der Waals surface area contributed by atoms with Crippen LogP contribution in [-0.2, 0) is 13.0 Å². The van der Waals surface area contributed by atoms with E-state index in [2.05, 4.69) is 15.6 Å². The van der Waals surface area contributed by atoms with E-state index in [1.165, 1.54) is 0 Å². The largest absolute Gasteiger partial charge is 0.497 e. The minimum Gasteiger partial charge on any atom is -0.497 e. The topological polar surface area (TPSA) is 88.3 Å². The number of ether oxygens (including phenoxy) is 2. The number of hydrogen-bond donors (Lipinski definition) is 3. The third-order valence-electron chi connectivity index (χ3n) is 5.35. The number of hydrogen-bond acceptors (Lipinski definition) is 4. The average molecular weight is 445 g/mol. The molecule has 7 nitrogen and oxygen atoms in total. The van der Waals surface area contributed by atoms with Crippen molar-refractivity contribution in [3.05, 3.63) is 89.7 Å². The number of aromatic nitrogens is 2. The van der Waals surface area contributed by atoms with Crippen molar-refractivity contribution < 1.29 is 14.3 Å². The highest BCUT2D eigenvalue weighted by molar-refractivity contribution is 5.76. The molecule has 0 aliphatic heterocycles. The lowest BCUT2D eigenvalue weighted by molar-refractivity contribution is 0.236. The summed E-state index contributed by atoms with van der Waals surface area (Å²) in [6.07, 6.45) is 0.576. The van der Waals surface area contributed by atoms with Gasteiger partial charge in [0.2, 0.25) is 0 Å². The molecule has 0 fully saturated rings. The van der Waals surface area contributed by atoms with Crippen LogP contribution in [-0.4, -0.2) is 29.7 Å². The van der Waals surface area contributed by atoms with Gasteiger partial charge in [-0.25, -0.2) is 9.78 Å². The van der Waals surface area contributed by atoms with E-state index >= 15 is 0 Å². The molecular weight excluding hydrogens is 416 g/mol. The number of nitrogens with one attached hydrogen (secondary N) is 3. The number of rotatable bonds is 9. The molecule has 3 aromatic carbocycles. The Morgan fingerprint density at radius 2 is 1.79 bits per heavy atom. The van der Waals surface area contributed by atoms with Gasteiger partial charge in [-0.05, 0) is 49.2 Å². The van der Waals surface area contributed by atoms with Crippen molar-refractivity contribution in [1.29, 1.82) is 0 Å². The van der Waals surface area contributed by atoms with Crippen LogP contribution in [0.25, 0.3) is 11.0 Å². The van der Waals surface area contributed by atoms with Crippen LogP contribution in [0.2, 0.25) is 0 Å². The maximum atomic E-state index is 12.9. The van der Waals surface area contributed by atoms with Crippen LogP contribution in [0.1, 0.15) is 29.9 Å². The van der Waals surface area contributed by atoms with Gasteiger partial charge >= 0.3 is 6.03 Å². The standard InChI is InChI=1S/C26H28N4O3/c1-3-33-24-11-7-4-8-19(24)17-27-26(31)30-23(16-18-12-14-20(32-2)15-13-18)25-28-21-9-5-6-10-22(21)29-25/h4-15,23H,3,16-17H2,1-2H3,(H,28,29)(H2,27,30,31). The first-order valence-electron chi connectivity index (χ1n) is 11.0. The predicted octanol–water partition coefficient (Wildman–Crippen LogP) is 4.75. The molecule has 33 heavy (non-hydrogen) atoms. The number of imidazole rings is 1. The van der Waals surface area contributed by atoms with Crippen molar-refractivity contribution in [3.63, 3.8) is 0 Å². The normalized spacial score (nSPS) is 11.7. The molecule has 2 amide bonds. The van der Waals surface area contributed by atoms with Gasteiger partial charge in [0, 0.05) is 12.1 Å². The summed E-state index contributed by atoms with van der Waals surface area (Å²) < 4.78 is 10.9. The number of methoxy groups -OCH3 is 1. The fourth-order valence-electron chi connectivity index (χ4n) is 3.68. The minimum atomic E-state index is -0.340. The molecule has 1 atom stereocenters. The molecular formula is C26H28N4O3. The summed E-state index contributed by atoms with van der Waals surface area (Å²) in [5.74, 6) is 2.27. The van der Waals surface area contributed by atoms with Gasteiger partial charge in [-0.15, -0.1) is 0 Å². The lowest BCUT2D eigenvalue weighted by Crippen LogP contribution is -2.38. The van der Waals surface area contributed by atoms with Crippen LogP contribution >= 0.6 is 0 Å². The Morgan fingerprint density at radius 3 is 2.55 bits per heavy atom. The third kappa shape index (κ3) is 5.63. The molecule has 170 valence electrons. The summed E-state index contributed by atoms with van der Waals surface area (Å²) in [5.41, 5.74) is 3.77. The molecule has 0 saturated heterocycles. The molecule has 1 unspecified atom stereocenters. The zero-order chi connectivity index (χ0) is 23.0. The van der Waals surface area contributed by atoms with Crippen LogP contribution in [0.4, 0.5) is 4.79 Å². The van der Waals surface area contributed by atoms with Crippen LogP contribution < -0.4 is 20.1 Å². The highest BCUT2D eigenvalue weighted by Crippen LogP contribution is 2.22. The fourth-order valence-corrected chi connectivity index (χ4v) is 3.68. The van der Waals surface area contributed by atoms with Gasteiger partial charge in [0.15, 0.2) is 0 Å². The Kier molecular flexibility index (Phi) is 7.09. The van der Waals surface area contributed by atoms with E-state index in [0.717, 1.165) is 33.7 Å². The molecule has 0 spiro atoms. The number of carbonyl (C=O) groups excluding carboxylic acids is 1. The van der Waals surface area contributed by atoms with Crippen molar-refractivity contribution in [2.24, 2.45) is 0 Å². The SMILES string of the molecule is CCOc1ccccc1CNC(=O)NC(Cc1ccc(OC)cc1)c1nc2ccccc2[nH]1. The summed E-state index contributed by atoms with van der Waals surface area (Å²) in [4.78, 5) is 20.9. The number of benzene rings is 3. The number of para-hydroxylation sites is 3. The molecule has 7 heteroatoms. The fraction of sp³-hybridized carbons (Fsp3) is 0.231. The van der Waals surface area contributed by atoms with E-state index in [0.29, 0.717) is 25.4 Å². The van der Waals surface area contributed by atoms with E-state index in [1.54, 1.807) is 7.11 Å². The quantitative estimate of drug-likeness (QED) is 0.348. The summed E-state index contributed by atoms with van der Waals surface area (Å²) in [7, 11) is 1.64. The molecule has 0 bridgehead atoms. The maximum absolute atomic E-state index is 12.9. The molecule has 0 aliphatic carbocycles. The Bertz CT molecular complexity index is 1170. The Balaban J connectivity index is 1.50. The number of nitrogens with zero attached hydrogens (tertiary/aromatic N) is 1. The van der Waals surface area contributed by atoms with Crippen LogP contribution in [0.5, 0.6) is 11.5 Å². The van der Waals surface area contributed by atoms with Gasteiger partial charge in [0.25, 0.3) is 0 Å². The van der Waals surface area contributed by atoms with E-state index < -0.39 is 0 Å². The predicted molar refractivity (Wildman–Crippen MR) is 129 cm³/mol. The zero-order valence-corrected chi connectivity index (χ0v) is 18.8. The van der Waals surface area contributed by atoms with E-state index in [1.807, 2.05) is 79.7 Å². The zero-order valence-electron chi connectivity index (χ0n) is 18.8. The second-order valence-electron chi connectivity index (χ2n) is 7.61. The molecule has 0 saturated carbocycles. The van der Waals surface area contributed by atoms with Crippen molar-refractivity contribution in [2.75, 3.05) is 13.7 Å². The third-order valence-corrected chi connectivity index (χ3v) is 5.35. The van der Waals surface area contributed by atoms with Gasteiger partial charge in [-0.3, -0.25) is 0 Å². The summed E-state index contributed by atoms with van der Waals surface area (Å²) in [6, 6.07) is 22.7. The van der Waals surface area contributed by atoms with E-state index in [-0.39, 0.29) is 12.1 Å². The summed E-state index contributed by atoms with van der Waals surface area (Å²) >= 11 is 0. The Labute approximate surface area is 193 Å². The first-order valence-corrected chi connectivity index (χ1v) is 11.0. The van der Waals surface area contributed by atoms with Gasteiger partial charge in [-0.1, -0.05) is 42.5 Å². The molecule has 1 aromatic heterocycles. The van der Waals surface area contributed by atoms with Crippen LogP contribution in [0, 0.1) is 0 Å².